The third-order valence-corrected chi connectivity index (χ3v) is 6.78. The van der Waals surface area contributed by atoms with Crippen molar-refractivity contribution in [2.24, 2.45) is 0 Å². The number of rotatable bonds is 7. The van der Waals surface area contributed by atoms with Crippen molar-refractivity contribution in [3.63, 3.8) is 0 Å². The maximum Gasteiger partial charge on any atom is 0.195 e. The molecule has 0 aliphatic carbocycles. The fourth-order valence-electron chi connectivity index (χ4n) is 3.83. The Morgan fingerprint density at radius 2 is 1.48 bits per heavy atom. The van der Waals surface area contributed by atoms with Crippen molar-refractivity contribution in [2.45, 2.75) is 13.2 Å². The molecule has 5 rings (SSSR count). The monoisotopic (exact) mass is 453 g/mol. The van der Waals surface area contributed by atoms with E-state index in [0.29, 0.717) is 18.5 Å². The van der Waals surface area contributed by atoms with Crippen LogP contribution in [0, 0.1) is 0 Å². The van der Waals surface area contributed by atoms with Crippen LogP contribution in [0.1, 0.15) is 11.1 Å². The zero-order valence-corrected chi connectivity index (χ0v) is 19.0. The van der Waals surface area contributed by atoms with E-state index in [1.165, 1.54) is 0 Å². The minimum absolute atomic E-state index is 0.0497. The number of nitrogens with zero attached hydrogens (tertiary/aromatic N) is 1. The Bertz CT molecular complexity index is 1450. The second kappa shape index (κ2) is 9.45. The summed E-state index contributed by atoms with van der Waals surface area (Å²) < 4.78 is 7.18. The van der Waals surface area contributed by atoms with E-state index in [9.17, 15) is 4.79 Å². The molecular formula is C28H23NO3S. The normalized spacial score (nSPS) is 11.1. The second-order valence-electron chi connectivity index (χ2n) is 7.72. The van der Waals surface area contributed by atoms with E-state index >= 15 is 0 Å². The third kappa shape index (κ3) is 4.46. The molecule has 164 valence electrons. The highest BCUT2D eigenvalue weighted by Gasteiger charge is 2.16. The lowest BCUT2D eigenvalue weighted by atomic mass is 10.1. The average Bonchev–Trinajstić information content (AvgIpc) is 2.87. The molecule has 33 heavy (non-hydrogen) atoms. The largest absolute Gasteiger partial charge is 0.497 e. The number of fused-ring (bicyclic) bond motifs is 2. The molecule has 0 saturated carbocycles. The van der Waals surface area contributed by atoms with Crippen molar-refractivity contribution >= 4 is 37.2 Å². The minimum atomic E-state index is 0.0497. The predicted octanol–water partition coefficient (Wildman–Crippen LogP) is 6.56. The molecule has 0 aliphatic rings. The molecule has 4 aromatic carbocycles. The van der Waals surface area contributed by atoms with Gasteiger partial charge in [0.2, 0.25) is 0 Å². The first-order chi connectivity index (χ1) is 16.2. The van der Waals surface area contributed by atoms with Gasteiger partial charge in [-0.2, -0.15) is 0 Å². The summed E-state index contributed by atoms with van der Waals surface area (Å²) in [5, 5.41) is 3.35. The van der Waals surface area contributed by atoms with Gasteiger partial charge in [-0.1, -0.05) is 60.7 Å². The first kappa shape index (κ1) is 21.2. The lowest BCUT2D eigenvalue weighted by Gasteiger charge is -2.25. The van der Waals surface area contributed by atoms with Gasteiger partial charge in [0.05, 0.1) is 30.6 Å². The second-order valence-corrected chi connectivity index (χ2v) is 8.78. The van der Waals surface area contributed by atoms with Crippen LogP contribution in [0.2, 0.25) is 0 Å². The Balaban J connectivity index is 1.59. The smallest absolute Gasteiger partial charge is 0.195 e. The maximum absolute atomic E-state index is 13.2. The molecule has 0 aliphatic heterocycles. The number of methoxy groups -OCH3 is 1. The number of hydroxylamine groups is 1. The maximum atomic E-state index is 13.2. The van der Waals surface area contributed by atoms with E-state index in [1.54, 1.807) is 18.4 Å². The van der Waals surface area contributed by atoms with Gasteiger partial charge in [0, 0.05) is 15.5 Å². The first-order valence-electron chi connectivity index (χ1n) is 10.7. The van der Waals surface area contributed by atoms with E-state index in [1.807, 2.05) is 102 Å². The van der Waals surface area contributed by atoms with Gasteiger partial charge < -0.3 is 4.74 Å². The highest BCUT2D eigenvalue weighted by atomic mass is 32.1. The van der Waals surface area contributed by atoms with Crippen LogP contribution in [0.3, 0.4) is 0 Å². The van der Waals surface area contributed by atoms with Crippen molar-refractivity contribution < 1.29 is 9.57 Å². The molecule has 0 fully saturated rings. The van der Waals surface area contributed by atoms with Crippen LogP contribution in [-0.2, 0) is 18.0 Å². The van der Waals surface area contributed by atoms with Crippen LogP contribution in [0.5, 0.6) is 5.75 Å². The Hall–Kier alpha value is -3.67. The summed E-state index contributed by atoms with van der Waals surface area (Å²) in [5.74, 6) is 0.811. The lowest BCUT2D eigenvalue weighted by molar-refractivity contribution is 0.0915. The molecule has 0 saturated heterocycles. The number of hydrogen-bond donors (Lipinski definition) is 0. The molecule has 0 N–H and O–H groups in total. The van der Waals surface area contributed by atoms with Crippen molar-refractivity contribution in [1.82, 2.24) is 0 Å². The Kier molecular flexibility index (Phi) is 6.07. The van der Waals surface area contributed by atoms with Gasteiger partial charge in [-0.25, -0.2) is 5.06 Å². The molecule has 5 heteroatoms. The topological polar surface area (TPSA) is 38.8 Å². The summed E-state index contributed by atoms with van der Waals surface area (Å²) in [7, 11) is 1.66. The summed E-state index contributed by atoms with van der Waals surface area (Å²) in [4.78, 5) is 19.5. The molecule has 5 aromatic rings. The molecule has 0 unspecified atom stereocenters. The molecule has 0 atom stereocenters. The van der Waals surface area contributed by atoms with Gasteiger partial charge in [-0.3, -0.25) is 9.63 Å². The molecule has 1 heterocycles. The Morgan fingerprint density at radius 1 is 0.758 bits per heavy atom. The molecule has 0 bridgehead atoms. The molecule has 1 aromatic heterocycles. The van der Waals surface area contributed by atoms with Gasteiger partial charge in [0.15, 0.2) is 5.43 Å². The van der Waals surface area contributed by atoms with Crippen LogP contribution < -0.4 is 15.2 Å². The zero-order chi connectivity index (χ0) is 22.6. The molecule has 0 spiro atoms. The van der Waals surface area contributed by atoms with Gasteiger partial charge in [0.1, 0.15) is 5.75 Å². The zero-order valence-electron chi connectivity index (χ0n) is 18.2. The standard InChI is InChI=1S/C28H23NO3S/c1-31-22-16-14-20(15-17-22)18-29(32-19-21-8-3-2-4-9-21)25-12-7-11-24-27(30)23-10-5-6-13-26(23)33-28(24)25/h2-17H,18-19H2,1H3. The van der Waals surface area contributed by atoms with E-state index < -0.39 is 0 Å². The molecule has 4 nitrogen and oxygen atoms in total. The van der Waals surface area contributed by atoms with Crippen LogP contribution in [-0.4, -0.2) is 7.11 Å². The van der Waals surface area contributed by atoms with Crippen molar-refractivity contribution in [3.8, 4) is 5.75 Å². The highest BCUT2D eigenvalue weighted by molar-refractivity contribution is 7.25. The quantitative estimate of drug-likeness (QED) is 0.207. The van der Waals surface area contributed by atoms with E-state index in [0.717, 1.165) is 37.3 Å². The summed E-state index contributed by atoms with van der Waals surface area (Å²) in [6, 6.07) is 31.6. The van der Waals surface area contributed by atoms with Crippen molar-refractivity contribution in [1.29, 1.82) is 0 Å². The summed E-state index contributed by atoms with van der Waals surface area (Å²) >= 11 is 1.62. The number of hydrogen-bond acceptors (Lipinski definition) is 5. The highest BCUT2D eigenvalue weighted by Crippen LogP contribution is 2.34. The third-order valence-electron chi connectivity index (χ3n) is 5.57. The molecular weight excluding hydrogens is 430 g/mol. The van der Waals surface area contributed by atoms with E-state index in [2.05, 4.69) is 0 Å². The molecule has 0 radical (unpaired) electrons. The van der Waals surface area contributed by atoms with Crippen LogP contribution in [0.4, 0.5) is 5.69 Å². The fourth-order valence-corrected chi connectivity index (χ4v) is 5.01. The number of anilines is 1. The Morgan fingerprint density at radius 3 is 2.27 bits per heavy atom. The first-order valence-corrected chi connectivity index (χ1v) is 11.6. The van der Waals surface area contributed by atoms with Gasteiger partial charge in [-0.15, -0.1) is 11.3 Å². The summed E-state index contributed by atoms with van der Waals surface area (Å²) in [6.45, 7) is 0.958. The van der Waals surface area contributed by atoms with Gasteiger partial charge in [-0.05, 0) is 47.5 Å². The van der Waals surface area contributed by atoms with Gasteiger partial charge in [0.25, 0.3) is 0 Å². The van der Waals surface area contributed by atoms with Crippen molar-refractivity contribution in [3.05, 3.63) is 118 Å². The average molecular weight is 454 g/mol. The fraction of sp³-hybridized carbons (Fsp3) is 0.107. The van der Waals surface area contributed by atoms with E-state index in [-0.39, 0.29) is 5.43 Å². The van der Waals surface area contributed by atoms with Crippen LogP contribution >= 0.6 is 11.3 Å². The SMILES string of the molecule is COc1ccc(CN(OCc2ccccc2)c2cccc3c(=O)c4ccccc4sc23)cc1. The van der Waals surface area contributed by atoms with Crippen LogP contribution in [0.15, 0.2) is 102 Å². The predicted molar refractivity (Wildman–Crippen MR) is 136 cm³/mol. The number of benzene rings is 4. The van der Waals surface area contributed by atoms with Crippen molar-refractivity contribution in [2.75, 3.05) is 12.2 Å². The van der Waals surface area contributed by atoms with Gasteiger partial charge >= 0.3 is 0 Å². The molecule has 0 amide bonds. The Labute approximate surface area is 196 Å². The van der Waals surface area contributed by atoms with Crippen LogP contribution in [0.25, 0.3) is 20.2 Å². The summed E-state index contributed by atoms with van der Waals surface area (Å²) in [5.41, 5.74) is 3.09. The minimum Gasteiger partial charge on any atom is -0.497 e. The van der Waals surface area contributed by atoms with E-state index in [4.69, 9.17) is 9.57 Å². The number of ether oxygens (including phenoxy) is 1. The lowest BCUT2D eigenvalue weighted by Crippen LogP contribution is -2.23. The summed E-state index contributed by atoms with van der Waals surface area (Å²) in [6.07, 6.45) is 0.